The topological polar surface area (TPSA) is 78.9 Å². The molecule has 0 aromatic heterocycles. The van der Waals surface area contributed by atoms with E-state index in [4.69, 9.17) is 14.2 Å². The summed E-state index contributed by atoms with van der Waals surface area (Å²) < 4.78 is 17.0. The van der Waals surface area contributed by atoms with Gasteiger partial charge in [0.15, 0.2) is 6.10 Å². The Hall–Kier alpha value is -2.11. The lowest BCUT2D eigenvalue weighted by Crippen LogP contribution is -2.30. The van der Waals surface area contributed by atoms with Crippen molar-refractivity contribution in [1.82, 2.24) is 0 Å². The smallest absolute Gasteiger partial charge is 0.306 e. The van der Waals surface area contributed by atoms with E-state index in [0.29, 0.717) is 19.3 Å². The van der Waals surface area contributed by atoms with E-state index in [1.54, 1.807) is 0 Å². The molecule has 0 heterocycles. The molecule has 0 aromatic carbocycles. The van der Waals surface area contributed by atoms with E-state index in [0.717, 1.165) is 64.2 Å². The third-order valence-corrected chi connectivity index (χ3v) is 15.7. The zero-order valence-corrected chi connectivity index (χ0v) is 51.6. The molecule has 0 aliphatic heterocycles. The summed E-state index contributed by atoms with van der Waals surface area (Å²) in [7, 11) is 0. The molecule has 0 N–H and O–H groups in total. The molecule has 0 saturated heterocycles. The van der Waals surface area contributed by atoms with E-state index in [2.05, 4.69) is 45.1 Å². The monoisotopic (exact) mass is 1070 g/mol. The van der Waals surface area contributed by atoms with Gasteiger partial charge < -0.3 is 14.2 Å². The van der Waals surface area contributed by atoms with Crippen LogP contribution in [0.3, 0.4) is 0 Å². The number of allylic oxidation sites excluding steroid dienone is 4. The van der Waals surface area contributed by atoms with Crippen LogP contribution in [-0.4, -0.2) is 37.2 Å². The van der Waals surface area contributed by atoms with Gasteiger partial charge in [0, 0.05) is 19.3 Å². The van der Waals surface area contributed by atoms with Crippen LogP contribution in [0.5, 0.6) is 0 Å². The molecule has 6 nitrogen and oxygen atoms in total. The number of hydrogen-bond acceptors (Lipinski definition) is 6. The Morgan fingerprint density at radius 1 is 0.263 bits per heavy atom. The summed E-state index contributed by atoms with van der Waals surface area (Å²) >= 11 is 0. The van der Waals surface area contributed by atoms with E-state index in [1.165, 1.54) is 283 Å². The van der Waals surface area contributed by atoms with Crippen molar-refractivity contribution in [2.75, 3.05) is 13.2 Å². The highest BCUT2D eigenvalue weighted by Gasteiger charge is 2.19. The van der Waals surface area contributed by atoms with Gasteiger partial charge in [-0.3, -0.25) is 14.4 Å². The molecule has 0 aliphatic carbocycles. The van der Waals surface area contributed by atoms with Crippen LogP contribution in [0.4, 0.5) is 0 Å². The Kier molecular flexibility index (Phi) is 63.6. The minimum absolute atomic E-state index is 0.0648. The van der Waals surface area contributed by atoms with Gasteiger partial charge in [0.05, 0.1) is 0 Å². The second-order valence-electron chi connectivity index (χ2n) is 23.5. The fourth-order valence-corrected chi connectivity index (χ4v) is 10.5. The Morgan fingerprint density at radius 2 is 0.474 bits per heavy atom. The van der Waals surface area contributed by atoms with Gasteiger partial charge in [0.2, 0.25) is 0 Å². The van der Waals surface area contributed by atoms with E-state index in [9.17, 15) is 14.4 Å². The van der Waals surface area contributed by atoms with Gasteiger partial charge in [-0.05, 0) is 51.4 Å². The first kappa shape index (κ1) is 73.9. The maximum atomic E-state index is 12.9. The van der Waals surface area contributed by atoms with Crippen LogP contribution in [-0.2, 0) is 28.6 Å². The predicted octanol–water partition coefficient (Wildman–Crippen LogP) is 23.4. The molecule has 1 unspecified atom stereocenters. The highest BCUT2D eigenvalue weighted by molar-refractivity contribution is 5.71. The zero-order valence-electron chi connectivity index (χ0n) is 51.6. The molecule has 0 rings (SSSR count). The predicted molar refractivity (Wildman–Crippen MR) is 330 cm³/mol. The summed E-state index contributed by atoms with van der Waals surface area (Å²) in [5.41, 5.74) is 0. The van der Waals surface area contributed by atoms with Crippen LogP contribution in [0.25, 0.3) is 0 Å². The molecule has 0 bridgehead atoms. The molecule has 0 aliphatic rings. The first-order valence-electron chi connectivity index (χ1n) is 34.3. The lowest BCUT2D eigenvalue weighted by Gasteiger charge is -2.18. The van der Waals surface area contributed by atoms with Crippen LogP contribution >= 0.6 is 0 Å². The summed E-state index contributed by atoms with van der Waals surface area (Å²) in [5.74, 6) is -0.833. The number of unbranched alkanes of at least 4 members (excludes halogenated alkanes) is 49. The van der Waals surface area contributed by atoms with E-state index < -0.39 is 6.10 Å². The molecule has 76 heavy (non-hydrogen) atoms. The number of carbonyl (C=O) groups is 3. The summed E-state index contributed by atoms with van der Waals surface area (Å²) in [6, 6.07) is 0. The van der Waals surface area contributed by atoms with Gasteiger partial charge in [-0.2, -0.15) is 0 Å². The van der Waals surface area contributed by atoms with Gasteiger partial charge in [-0.1, -0.05) is 340 Å². The van der Waals surface area contributed by atoms with Gasteiger partial charge in [-0.25, -0.2) is 0 Å². The number of carbonyl (C=O) groups excluding carboxylic acids is 3. The van der Waals surface area contributed by atoms with E-state index >= 15 is 0 Å². The summed E-state index contributed by atoms with van der Waals surface area (Å²) in [6.45, 7) is 6.71. The minimum Gasteiger partial charge on any atom is -0.462 e. The third-order valence-electron chi connectivity index (χ3n) is 15.7. The Morgan fingerprint density at radius 3 is 0.724 bits per heavy atom. The average Bonchev–Trinajstić information content (AvgIpc) is 3.42. The Bertz CT molecular complexity index is 1230. The Labute approximate surface area is 474 Å². The van der Waals surface area contributed by atoms with Crippen LogP contribution < -0.4 is 0 Å². The molecular formula is C70H132O6. The number of rotatable bonds is 64. The largest absolute Gasteiger partial charge is 0.462 e. The maximum absolute atomic E-state index is 12.9. The van der Waals surface area contributed by atoms with Crippen molar-refractivity contribution in [3.05, 3.63) is 24.3 Å². The second-order valence-corrected chi connectivity index (χ2v) is 23.5. The van der Waals surface area contributed by atoms with Gasteiger partial charge in [-0.15, -0.1) is 0 Å². The first-order valence-corrected chi connectivity index (χ1v) is 34.3. The van der Waals surface area contributed by atoms with Gasteiger partial charge in [0.25, 0.3) is 0 Å². The van der Waals surface area contributed by atoms with E-state index in [1.807, 2.05) is 0 Å². The quantitative estimate of drug-likeness (QED) is 0.0261. The lowest BCUT2D eigenvalue weighted by molar-refractivity contribution is -0.167. The average molecular weight is 1070 g/mol. The SMILES string of the molecule is CCCCCCC/C=C\C/C=C\CCCCCCCCCCCCCC(=O)OCC(COC(=O)CCCCCCCCCCCCCCCCCCC)OC(=O)CCCCCCCCCCCCCCCCCCCC. The molecule has 0 aromatic rings. The van der Waals surface area contributed by atoms with E-state index in [-0.39, 0.29) is 31.1 Å². The Balaban J connectivity index is 4.29. The van der Waals surface area contributed by atoms with Crippen molar-refractivity contribution in [3.8, 4) is 0 Å². The van der Waals surface area contributed by atoms with Crippen LogP contribution in [0.1, 0.15) is 387 Å². The van der Waals surface area contributed by atoms with Crippen molar-refractivity contribution < 1.29 is 28.6 Å². The van der Waals surface area contributed by atoms with Crippen molar-refractivity contribution in [2.24, 2.45) is 0 Å². The molecule has 0 radical (unpaired) electrons. The third kappa shape index (κ3) is 62.7. The van der Waals surface area contributed by atoms with Gasteiger partial charge >= 0.3 is 17.9 Å². The fourth-order valence-electron chi connectivity index (χ4n) is 10.5. The van der Waals surface area contributed by atoms with Crippen molar-refractivity contribution in [2.45, 2.75) is 393 Å². The highest BCUT2D eigenvalue weighted by Crippen LogP contribution is 2.18. The number of ether oxygens (including phenoxy) is 3. The van der Waals surface area contributed by atoms with Crippen LogP contribution in [0.2, 0.25) is 0 Å². The molecule has 1 atom stereocenters. The molecule has 0 saturated carbocycles. The second kappa shape index (κ2) is 65.4. The highest BCUT2D eigenvalue weighted by atomic mass is 16.6. The molecule has 6 heteroatoms. The van der Waals surface area contributed by atoms with Gasteiger partial charge in [0.1, 0.15) is 13.2 Å². The molecule has 0 fully saturated rings. The lowest BCUT2D eigenvalue weighted by atomic mass is 10.0. The number of esters is 3. The number of hydrogen-bond donors (Lipinski definition) is 0. The van der Waals surface area contributed by atoms with Crippen molar-refractivity contribution in [3.63, 3.8) is 0 Å². The molecule has 0 spiro atoms. The zero-order chi connectivity index (χ0) is 55.0. The summed E-state index contributed by atoms with van der Waals surface area (Å²) in [6.07, 6.45) is 79.0. The van der Waals surface area contributed by atoms with Crippen LogP contribution in [0.15, 0.2) is 24.3 Å². The summed E-state index contributed by atoms with van der Waals surface area (Å²) in [4.78, 5) is 38.4. The van der Waals surface area contributed by atoms with Crippen molar-refractivity contribution >= 4 is 17.9 Å². The normalized spacial score (nSPS) is 12.1. The molecule has 0 amide bonds. The maximum Gasteiger partial charge on any atom is 0.306 e. The fraction of sp³-hybridized carbons (Fsp3) is 0.900. The standard InChI is InChI=1S/C70H132O6/c1-4-7-10-13-16-19-22-25-28-31-33-34-35-36-37-40-42-45-48-51-54-57-60-63-69(72)75-66-67(65-74-68(71)62-59-56-53-50-47-44-41-38-30-27-24-21-18-15-12-9-6-3)76-70(73)64-61-58-55-52-49-46-43-39-32-29-26-23-20-17-14-11-8-5-2/h22,25,31,33,67H,4-21,23-24,26-30,32,34-66H2,1-3H3/b25-22-,33-31-. The first-order chi connectivity index (χ1) is 37.5. The summed E-state index contributed by atoms with van der Waals surface area (Å²) in [5, 5.41) is 0. The van der Waals surface area contributed by atoms with Crippen molar-refractivity contribution in [1.29, 1.82) is 0 Å². The van der Waals surface area contributed by atoms with Crippen LogP contribution in [0, 0.1) is 0 Å². The molecular weight excluding hydrogens is 937 g/mol. The molecule has 448 valence electrons. The minimum atomic E-state index is -0.768.